The first-order valence-corrected chi connectivity index (χ1v) is 10.2. The van der Waals surface area contributed by atoms with Crippen LogP contribution in [0.25, 0.3) is 0 Å². The third-order valence-electron chi connectivity index (χ3n) is 5.08. The van der Waals surface area contributed by atoms with Crippen molar-refractivity contribution < 1.29 is 13.2 Å². The van der Waals surface area contributed by atoms with Gasteiger partial charge in [-0.05, 0) is 39.5 Å². The molecule has 0 spiro atoms. The lowest BCUT2D eigenvalue weighted by Crippen LogP contribution is -2.42. The first kappa shape index (κ1) is 16.9. The summed E-state index contributed by atoms with van der Waals surface area (Å²) in [6, 6.07) is 0.199. The van der Waals surface area contributed by atoms with Crippen LogP contribution < -0.4 is 0 Å². The summed E-state index contributed by atoms with van der Waals surface area (Å²) in [6.45, 7) is 6.59. The zero-order valence-corrected chi connectivity index (χ0v) is 14.9. The van der Waals surface area contributed by atoms with Gasteiger partial charge in [0.05, 0.1) is 5.75 Å². The molecule has 130 valence electrons. The van der Waals surface area contributed by atoms with Crippen molar-refractivity contribution in [2.75, 3.05) is 32.1 Å². The molecule has 0 aliphatic carbocycles. The van der Waals surface area contributed by atoms with Crippen LogP contribution in [0.15, 0.2) is 6.20 Å². The molecule has 0 bridgehead atoms. The van der Waals surface area contributed by atoms with E-state index in [2.05, 4.69) is 16.5 Å². The molecule has 2 aliphatic heterocycles. The Kier molecular flexibility index (Phi) is 5.08. The van der Waals surface area contributed by atoms with Crippen LogP contribution in [-0.4, -0.2) is 54.3 Å². The van der Waals surface area contributed by atoms with Gasteiger partial charge in [-0.15, -0.1) is 0 Å². The van der Waals surface area contributed by atoms with Gasteiger partial charge < -0.3 is 9.30 Å². The number of piperidine rings is 1. The molecule has 7 heteroatoms. The van der Waals surface area contributed by atoms with E-state index >= 15 is 0 Å². The lowest BCUT2D eigenvalue weighted by molar-refractivity contribution is 0.0819. The molecule has 0 saturated carbocycles. The molecule has 2 aliphatic rings. The molecule has 1 aromatic rings. The predicted molar refractivity (Wildman–Crippen MR) is 89.1 cm³/mol. The minimum Gasteiger partial charge on any atom is -0.381 e. The Morgan fingerprint density at radius 2 is 2.04 bits per heavy atom. The highest BCUT2D eigenvalue weighted by Crippen LogP contribution is 2.32. The van der Waals surface area contributed by atoms with Crippen molar-refractivity contribution in [1.29, 1.82) is 0 Å². The maximum atomic E-state index is 12.2. The number of aromatic nitrogens is 2. The van der Waals surface area contributed by atoms with Crippen LogP contribution in [0.4, 0.5) is 0 Å². The third kappa shape index (κ3) is 3.46. The summed E-state index contributed by atoms with van der Waals surface area (Å²) in [6.07, 6.45) is 5.86. The lowest BCUT2D eigenvalue weighted by Gasteiger charge is -2.35. The van der Waals surface area contributed by atoms with Crippen molar-refractivity contribution >= 4 is 10.0 Å². The fourth-order valence-corrected chi connectivity index (χ4v) is 4.94. The molecule has 1 unspecified atom stereocenters. The number of imidazole rings is 1. The Balaban J connectivity index is 1.85. The fourth-order valence-electron chi connectivity index (χ4n) is 3.76. The van der Waals surface area contributed by atoms with Crippen LogP contribution in [-0.2, 0) is 14.8 Å². The zero-order valence-electron chi connectivity index (χ0n) is 14.1. The summed E-state index contributed by atoms with van der Waals surface area (Å²) in [7, 11) is -3.12. The number of hydrogen-bond acceptors (Lipinski definition) is 4. The van der Waals surface area contributed by atoms with Gasteiger partial charge in [-0.25, -0.2) is 13.4 Å². The van der Waals surface area contributed by atoms with Crippen molar-refractivity contribution in [2.24, 2.45) is 0 Å². The molecule has 0 radical (unpaired) electrons. The smallest absolute Gasteiger partial charge is 0.213 e. The Hall–Kier alpha value is -0.920. The molecule has 2 fully saturated rings. The number of sulfonamides is 1. The third-order valence-corrected chi connectivity index (χ3v) is 6.93. The van der Waals surface area contributed by atoms with E-state index in [0.29, 0.717) is 19.0 Å². The number of ether oxygens (including phenoxy) is 1. The quantitative estimate of drug-likeness (QED) is 0.841. The van der Waals surface area contributed by atoms with E-state index in [0.717, 1.165) is 50.4 Å². The van der Waals surface area contributed by atoms with E-state index in [1.807, 2.05) is 6.20 Å². The van der Waals surface area contributed by atoms with Gasteiger partial charge in [-0.3, -0.25) is 0 Å². The Morgan fingerprint density at radius 1 is 1.30 bits per heavy atom. The number of rotatable bonds is 4. The van der Waals surface area contributed by atoms with Crippen molar-refractivity contribution in [3.05, 3.63) is 17.7 Å². The second-order valence-corrected chi connectivity index (χ2v) is 8.83. The van der Waals surface area contributed by atoms with Crippen molar-refractivity contribution in [3.63, 3.8) is 0 Å². The Bertz CT molecular complexity index is 635. The number of aryl methyl sites for hydroxylation is 1. The van der Waals surface area contributed by atoms with Gasteiger partial charge in [0.25, 0.3) is 0 Å². The fraction of sp³-hybridized carbons (Fsp3) is 0.812. The van der Waals surface area contributed by atoms with Crippen LogP contribution >= 0.6 is 0 Å². The van der Waals surface area contributed by atoms with E-state index < -0.39 is 10.0 Å². The standard InChI is InChI=1S/C16H27N3O3S/c1-3-23(20,21)18-8-4-5-15(12-18)19-13(2)11-17-16(19)14-6-9-22-10-7-14/h11,14-15H,3-10,12H2,1-2H3. The highest BCUT2D eigenvalue weighted by molar-refractivity contribution is 7.89. The van der Waals surface area contributed by atoms with Crippen molar-refractivity contribution in [2.45, 2.75) is 51.5 Å². The van der Waals surface area contributed by atoms with E-state index in [1.54, 1.807) is 11.2 Å². The first-order chi connectivity index (χ1) is 11.0. The van der Waals surface area contributed by atoms with E-state index in [9.17, 15) is 8.42 Å². The maximum absolute atomic E-state index is 12.2. The summed E-state index contributed by atoms with van der Waals surface area (Å²) in [5, 5.41) is 0. The van der Waals surface area contributed by atoms with Gasteiger partial charge in [0.1, 0.15) is 5.82 Å². The van der Waals surface area contributed by atoms with Crippen LogP contribution in [0.2, 0.25) is 0 Å². The van der Waals surface area contributed by atoms with Crippen molar-refractivity contribution in [1.82, 2.24) is 13.9 Å². The second kappa shape index (κ2) is 6.91. The Morgan fingerprint density at radius 3 is 2.74 bits per heavy atom. The van der Waals surface area contributed by atoms with Gasteiger partial charge in [0, 0.05) is 50.2 Å². The molecule has 6 nitrogen and oxygen atoms in total. The largest absolute Gasteiger partial charge is 0.381 e. The molecule has 23 heavy (non-hydrogen) atoms. The van der Waals surface area contributed by atoms with Crippen LogP contribution in [0.3, 0.4) is 0 Å². The van der Waals surface area contributed by atoms with Crippen LogP contribution in [0, 0.1) is 6.92 Å². The van der Waals surface area contributed by atoms with Gasteiger partial charge in [-0.1, -0.05) is 0 Å². The van der Waals surface area contributed by atoms with Crippen LogP contribution in [0.5, 0.6) is 0 Å². The molecule has 3 rings (SSSR count). The summed E-state index contributed by atoms with van der Waals surface area (Å²) < 4.78 is 33.9. The van der Waals surface area contributed by atoms with Crippen molar-refractivity contribution in [3.8, 4) is 0 Å². The van der Waals surface area contributed by atoms with E-state index in [1.165, 1.54) is 0 Å². The van der Waals surface area contributed by atoms with E-state index in [4.69, 9.17) is 4.74 Å². The summed E-state index contributed by atoms with van der Waals surface area (Å²) in [5.74, 6) is 1.72. The molecule has 0 aromatic carbocycles. The maximum Gasteiger partial charge on any atom is 0.213 e. The molecular weight excluding hydrogens is 314 g/mol. The van der Waals surface area contributed by atoms with Gasteiger partial charge in [-0.2, -0.15) is 4.31 Å². The highest BCUT2D eigenvalue weighted by Gasteiger charge is 2.31. The lowest BCUT2D eigenvalue weighted by atomic mass is 9.98. The molecule has 0 amide bonds. The number of nitrogens with zero attached hydrogens (tertiary/aromatic N) is 3. The zero-order chi connectivity index (χ0) is 16.4. The molecule has 0 N–H and O–H groups in total. The predicted octanol–water partition coefficient (Wildman–Crippen LogP) is 2.07. The minimum absolute atomic E-state index is 0.176. The molecule has 2 saturated heterocycles. The molecular formula is C16H27N3O3S. The monoisotopic (exact) mass is 341 g/mol. The molecule has 1 atom stereocenters. The topological polar surface area (TPSA) is 64.4 Å². The van der Waals surface area contributed by atoms with Gasteiger partial charge in [0.2, 0.25) is 10.0 Å². The first-order valence-electron chi connectivity index (χ1n) is 8.62. The molecule has 3 heterocycles. The minimum atomic E-state index is -3.12. The van der Waals surface area contributed by atoms with Gasteiger partial charge >= 0.3 is 0 Å². The SMILES string of the molecule is CCS(=O)(=O)N1CCCC(n2c(C)cnc2C2CCOCC2)C1. The van der Waals surface area contributed by atoms with Gasteiger partial charge in [0.15, 0.2) is 0 Å². The summed E-state index contributed by atoms with van der Waals surface area (Å²) in [5.41, 5.74) is 1.13. The summed E-state index contributed by atoms with van der Waals surface area (Å²) >= 11 is 0. The normalized spacial score (nSPS) is 24.9. The summed E-state index contributed by atoms with van der Waals surface area (Å²) in [4.78, 5) is 4.66. The average molecular weight is 341 g/mol. The number of hydrogen-bond donors (Lipinski definition) is 0. The Labute approximate surface area is 138 Å². The van der Waals surface area contributed by atoms with Crippen LogP contribution in [0.1, 0.15) is 56.1 Å². The second-order valence-electron chi connectivity index (χ2n) is 6.57. The average Bonchev–Trinajstić information content (AvgIpc) is 2.97. The van der Waals surface area contributed by atoms with E-state index in [-0.39, 0.29) is 11.8 Å². The molecule has 1 aromatic heterocycles. The highest BCUT2D eigenvalue weighted by atomic mass is 32.2.